The number of rotatable bonds is 4. The highest BCUT2D eigenvalue weighted by atomic mass is 15.3. The lowest BCUT2D eigenvalue weighted by Crippen LogP contribution is -2.26. The predicted octanol–water partition coefficient (Wildman–Crippen LogP) is 1.88. The monoisotopic (exact) mass is 308 g/mol. The molecule has 1 aliphatic carbocycles. The highest BCUT2D eigenvalue weighted by Gasteiger charge is 2.18. The van der Waals surface area contributed by atoms with Crippen LogP contribution in [0.5, 0.6) is 0 Å². The summed E-state index contributed by atoms with van der Waals surface area (Å²) >= 11 is 0. The Bertz CT molecular complexity index is 848. The van der Waals surface area contributed by atoms with Gasteiger partial charge in [0.15, 0.2) is 18.2 Å². The van der Waals surface area contributed by atoms with Crippen LogP contribution in [-0.2, 0) is 26.3 Å². The molecule has 3 aromatic rings. The van der Waals surface area contributed by atoms with Crippen molar-refractivity contribution in [3.8, 4) is 0 Å². The van der Waals surface area contributed by atoms with Crippen LogP contribution in [0.15, 0.2) is 36.7 Å². The molecule has 0 aliphatic heterocycles. The van der Waals surface area contributed by atoms with Crippen molar-refractivity contribution in [2.24, 2.45) is 7.05 Å². The summed E-state index contributed by atoms with van der Waals surface area (Å²) < 4.78 is 4.07. The second-order valence-corrected chi connectivity index (χ2v) is 6.27. The average molecular weight is 308 g/mol. The number of nitrogen functional groups attached to an aromatic ring is 1. The lowest BCUT2D eigenvalue weighted by Gasteiger charge is -2.03. The first-order chi connectivity index (χ1) is 11.2. The highest BCUT2D eigenvalue weighted by Crippen LogP contribution is 2.29. The van der Waals surface area contributed by atoms with Crippen molar-refractivity contribution < 1.29 is 4.57 Å². The number of hydrogen-bond donors (Lipinski definition) is 2. The first-order valence-corrected chi connectivity index (χ1v) is 8.19. The van der Waals surface area contributed by atoms with E-state index in [1.54, 1.807) is 0 Å². The van der Waals surface area contributed by atoms with Crippen LogP contribution >= 0.6 is 0 Å². The van der Waals surface area contributed by atoms with Gasteiger partial charge in [-0.05, 0) is 42.9 Å². The smallest absolute Gasteiger partial charge is 0.172 e. The number of aryl methyl sites for hydroxylation is 3. The Morgan fingerprint density at radius 3 is 2.87 bits per heavy atom. The lowest BCUT2D eigenvalue weighted by atomic mass is 10.2. The molecule has 0 saturated heterocycles. The summed E-state index contributed by atoms with van der Waals surface area (Å²) in [6.07, 6.45) is 8.54. The summed E-state index contributed by atoms with van der Waals surface area (Å²) in [4.78, 5) is 0. The van der Waals surface area contributed by atoms with E-state index >= 15 is 0 Å². The van der Waals surface area contributed by atoms with Gasteiger partial charge in [-0.25, -0.2) is 9.08 Å². The Kier molecular flexibility index (Phi) is 3.41. The fraction of sp³-hybridized carbons (Fsp3) is 0.333. The van der Waals surface area contributed by atoms with Gasteiger partial charge in [0, 0.05) is 24.4 Å². The van der Waals surface area contributed by atoms with Gasteiger partial charge in [-0.2, -0.15) is 0 Å². The molecule has 5 heteroatoms. The minimum absolute atomic E-state index is 0.749. The van der Waals surface area contributed by atoms with Crippen molar-refractivity contribution in [1.29, 1.82) is 0 Å². The van der Waals surface area contributed by atoms with Crippen LogP contribution in [0, 0.1) is 0 Å². The largest absolute Gasteiger partial charge is 0.394 e. The molecule has 0 aromatic carbocycles. The second kappa shape index (κ2) is 5.57. The Morgan fingerprint density at radius 1 is 1.22 bits per heavy atom. The predicted molar refractivity (Wildman–Crippen MR) is 91.4 cm³/mol. The van der Waals surface area contributed by atoms with Gasteiger partial charge in [0.05, 0.1) is 5.52 Å². The topological polar surface area (TPSA) is 59.2 Å². The zero-order valence-corrected chi connectivity index (χ0v) is 13.4. The van der Waals surface area contributed by atoms with Gasteiger partial charge < -0.3 is 11.1 Å². The lowest BCUT2D eigenvalue weighted by molar-refractivity contribution is -0.671. The average Bonchev–Trinajstić information content (AvgIpc) is 3.15. The Hall–Kier alpha value is -2.56. The molecule has 0 amide bonds. The summed E-state index contributed by atoms with van der Waals surface area (Å²) in [6, 6.07) is 8.57. The molecule has 0 unspecified atom stereocenters. The number of pyridine rings is 2. The molecule has 0 atom stereocenters. The molecule has 3 aromatic heterocycles. The maximum absolute atomic E-state index is 6.28. The van der Waals surface area contributed by atoms with E-state index in [0.29, 0.717) is 0 Å². The van der Waals surface area contributed by atoms with Crippen molar-refractivity contribution in [3.05, 3.63) is 53.5 Å². The minimum Gasteiger partial charge on any atom is -0.394 e. The van der Waals surface area contributed by atoms with E-state index in [4.69, 9.17) is 10.8 Å². The molecular weight excluding hydrogens is 286 g/mol. The zero-order chi connectivity index (χ0) is 15.8. The van der Waals surface area contributed by atoms with Gasteiger partial charge in [-0.15, -0.1) is 5.10 Å². The van der Waals surface area contributed by atoms with E-state index in [9.17, 15) is 0 Å². The number of aromatic nitrogens is 3. The maximum atomic E-state index is 6.28. The molecule has 118 valence electrons. The van der Waals surface area contributed by atoms with Gasteiger partial charge in [0.1, 0.15) is 12.7 Å². The van der Waals surface area contributed by atoms with E-state index in [1.165, 1.54) is 23.2 Å². The highest BCUT2D eigenvalue weighted by molar-refractivity contribution is 5.81. The number of fused-ring (bicyclic) bond motifs is 3. The summed E-state index contributed by atoms with van der Waals surface area (Å²) in [7, 11) is 2.03. The molecule has 0 saturated carbocycles. The van der Waals surface area contributed by atoms with Crippen molar-refractivity contribution in [1.82, 2.24) is 9.61 Å². The SMILES string of the molecule is C[n+]1ccc(CCNc2nn3c4c(ccc3c2N)CCC4)cc1. The molecule has 4 rings (SSSR count). The number of nitrogens with two attached hydrogens (primary N) is 1. The zero-order valence-electron chi connectivity index (χ0n) is 13.4. The Morgan fingerprint density at radius 2 is 2.04 bits per heavy atom. The first kappa shape index (κ1) is 14.1. The van der Waals surface area contributed by atoms with E-state index in [2.05, 4.69) is 42.0 Å². The minimum atomic E-state index is 0.749. The van der Waals surface area contributed by atoms with E-state index in [-0.39, 0.29) is 0 Å². The van der Waals surface area contributed by atoms with Crippen LogP contribution in [0.4, 0.5) is 11.5 Å². The van der Waals surface area contributed by atoms with Crippen molar-refractivity contribution >= 4 is 17.0 Å². The van der Waals surface area contributed by atoms with E-state index in [0.717, 1.165) is 42.8 Å². The van der Waals surface area contributed by atoms with Gasteiger partial charge in [-0.1, -0.05) is 6.07 Å². The fourth-order valence-corrected chi connectivity index (χ4v) is 3.32. The Labute approximate surface area is 135 Å². The summed E-state index contributed by atoms with van der Waals surface area (Å²) in [6.45, 7) is 0.823. The van der Waals surface area contributed by atoms with Crippen LogP contribution in [-0.4, -0.2) is 16.2 Å². The number of nitrogens with zero attached hydrogens (tertiary/aromatic N) is 3. The maximum Gasteiger partial charge on any atom is 0.172 e. The molecule has 0 fully saturated rings. The third kappa shape index (κ3) is 2.52. The normalized spacial score (nSPS) is 13.4. The summed E-state index contributed by atoms with van der Waals surface area (Å²) in [5.41, 5.74) is 12.1. The van der Waals surface area contributed by atoms with Gasteiger partial charge in [0.2, 0.25) is 0 Å². The first-order valence-electron chi connectivity index (χ1n) is 8.19. The van der Waals surface area contributed by atoms with E-state index in [1.807, 2.05) is 16.1 Å². The quantitative estimate of drug-likeness (QED) is 0.724. The number of hydrogen-bond acceptors (Lipinski definition) is 3. The number of nitrogens with one attached hydrogen (secondary N) is 1. The molecule has 0 spiro atoms. The van der Waals surface area contributed by atoms with Gasteiger partial charge in [0.25, 0.3) is 0 Å². The third-order valence-electron chi connectivity index (χ3n) is 4.64. The molecule has 1 aliphatic rings. The molecule has 23 heavy (non-hydrogen) atoms. The molecule has 3 heterocycles. The third-order valence-corrected chi connectivity index (χ3v) is 4.64. The molecule has 0 radical (unpaired) electrons. The Balaban J connectivity index is 1.53. The van der Waals surface area contributed by atoms with Crippen LogP contribution in [0.25, 0.3) is 5.52 Å². The van der Waals surface area contributed by atoms with Gasteiger partial charge >= 0.3 is 0 Å². The van der Waals surface area contributed by atoms with Crippen LogP contribution in [0.3, 0.4) is 0 Å². The molecule has 0 bridgehead atoms. The van der Waals surface area contributed by atoms with Gasteiger partial charge in [-0.3, -0.25) is 0 Å². The molecular formula is C18H22N5+. The van der Waals surface area contributed by atoms with Crippen molar-refractivity contribution in [2.75, 3.05) is 17.6 Å². The summed E-state index contributed by atoms with van der Waals surface area (Å²) in [5.74, 6) is 0.798. The molecule has 3 N–H and O–H groups in total. The van der Waals surface area contributed by atoms with Crippen molar-refractivity contribution in [3.63, 3.8) is 0 Å². The standard InChI is InChI=1S/C18H22N5/c1-22-11-8-13(9-12-22)7-10-20-18-17(19)16-6-5-14-3-2-4-15(14)23(16)21-18/h5-6,8-9,11-12H,2-4,7,10,19H2,1H3,(H,20,21)/q+1. The molecule has 5 nitrogen and oxygen atoms in total. The van der Waals surface area contributed by atoms with Crippen molar-refractivity contribution in [2.45, 2.75) is 25.7 Å². The second-order valence-electron chi connectivity index (χ2n) is 6.27. The van der Waals surface area contributed by atoms with E-state index < -0.39 is 0 Å². The van der Waals surface area contributed by atoms with Crippen LogP contribution in [0.1, 0.15) is 23.2 Å². The van der Waals surface area contributed by atoms with Crippen LogP contribution in [0.2, 0.25) is 0 Å². The summed E-state index contributed by atoms with van der Waals surface area (Å²) in [5, 5.41) is 8.10. The van der Waals surface area contributed by atoms with Crippen LogP contribution < -0.4 is 15.6 Å². The fourth-order valence-electron chi connectivity index (χ4n) is 3.32. The number of anilines is 2.